The minimum Gasteiger partial charge on any atom is -0.268 e. The monoisotopic (exact) mass is 452 g/mol. The Balaban J connectivity index is 1.79. The van der Waals surface area contributed by atoms with Gasteiger partial charge in [0.25, 0.3) is 11.2 Å². The highest BCUT2D eigenvalue weighted by Crippen LogP contribution is 2.25. The van der Waals surface area contributed by atoms with Gasteiger partial charge >= 0.3 is 0 Å². The molecule has 1 N–H and O–H groups in total. The van der Waals surface area contributed by atoms with E-state index in [1.54, 1.807) is 4.68 Å². The molecule has 0 saturated carbocycles. The SMILES string of the molecule is Cc1cc(C)n(-c2ccc(=O)n(CCNS(=O)(=O)c3cc([N+](=O)[O-])ccc3Cl)n2)n1. The van der Waals surface area contributed by atoms with Gasteiger partial charge in [-0.1, -0.05) is 11.6 Å². The van der Waals surface area contributed by atoms with Gasteiger partial charge in [0.05, 0.1) is 22.2 Å². The molecular formula is C17H17ClN6O5S. The van der Waals surface area contributed by atoms with E-state index in [1.807, 2.05) is 19.9 Å². The number of nitro groups is 1. The van der Waals surface area contributed by atoms with Crippen LogP contribution in [0.3, 0.4) is 0 Å². The maximum atomic E-state index is 12.5. The molecular weight excluding hydrogens is 436 g/mol. The molecule has 2 aromatic heterocycles. The summed E-state index contributed by atoms with van der Waals surface area (Å²) in [5, 5.41) is 19.3. The third kappa shape index (κ3) is 4.56. The quantitative estimate of drug-likeness (QED) is 0.423. The van der Waals surface area contributed by atoms with Crippen molar-refractivity contribution in [1.82, 2.24) is 24.3 Å². The number of nitrogens with one attached hydrogen (secondary N) is 1. The van der Waals surface area contributed by atoms with Crippen molar-refractivity contribution in [1.29, 1.82) is 0 Å². The molecule has 158 valence electrons. The van der Waals surface area contributed by atoms with E-state index in [-0.39, 0.29) is 18.1 Å². The fourth-order valence-corrected chi connectivity index (χ4v) is 4.29. The molecule has 0 unspecified atom stereocenters. The number of hydrogen-bond acceptors (Lipinski definition) is 7. The number of nitrogens with zero attached hydrogens (tertiary/aromatic N) is 5. The fraction of sp³-hybridized carbons (Fsp3) is 0.235. The van der Waals surface area contributed by atoms with Crippen LogP contribution in [-0.4, -0.2) is 39.4 Å². The molecule has 1 aromatic carbocycles. The lowest BCUT2D eigenvalue weighted by Gasteiger charge is -2.10. The third-order valence-electron chi connectivity index (χ3n) is 4.11. The first-order chi connectivity index (χ1) is 14.1. The average molecular weight is 453 g/mol. The minimum atomic E-state index is -4.14. The van der Waals surface area contributed by atoms with Gasteiger partial charge in [-0.25, -0.2) is 22.5 Å². The first-order valence-corrected chi connectivity index (χ1v) is 10.5. The summed E-state index contributed by atoms with van der Waals surface area (Å²) in [6.45, 7) is 3.41. The van der Waals surface area contributed by atoms with E-state index >= 15 is 0 Å². The summed E-state index contributed by atoms with van der Waals surface area (Å²) in [4.78, 5) is 21.8. The Morgan fingerprint density at radius 1 is 1.17 bits per heavy atom. The van der Waals surface area contributed by atoms with Crippen LogP contribution in [0.1, 0.15) is 11.4 Å². The number of hydrogen-bond donors (Lipinski definition) is 1. The summed E-state index contributed by atoms with van der Waals surface area (Å²) in [6, 6.07) is 7.80. The summed E-state index contributed by atoms with van der Waals surface area (Å²) in [5.74, 6) is 0.407. The summed E-state index contributed by atoms with van der Waals surface area (Å²) in [7, 11) is -4.14. The molecule has 0 atom stereocenters. The molecule has 0 bridgehead atoms. The first-order valence-electron chi connectivity index (χ1n) is 8.64. The second kappa shape index (κ2) is 8.34. The number of benzene rings is 1. The Bertz CT molecular complexity index is 1280. The van der Waals surface area contributed by atoms with E-state index in [2.05, 4.69) is 14.9 Å². The van der Waals surface area contributed by atoms with Crippen LogP contribution in [0.4, 0.5) is 5.69 Å². The van der Waals surface area contributed by atoms with Crippen LogP contribution in [0.15, 0.2) is 46.1 Å². The lowest BCUT2D eigenvalue weighted by Crippen LogP contribution is -2.32. The van der Waals surface area contributed by atoms with E-state index in [4.69, 9.17) is 11.6 Å². The topological polar surface area (TPSA) is 142 Å². The standard InChI is InChI=1S/C17H17ClN6O5S/c1-11-9-12(2)23(20-11)16-5-6-17(25)22(21-16)8-7-19-30(28,29)15-10-13(24(26)27)3-4-14(15)18/h3-6,9-10,19H,7-8H2,1-2H3. The molecule has 3 rings (SSSR count). The molecule has 2 heterocycles. The largest absolute Gasteiger partial charge is 0.270 e. The van der Waals surface area contributed by atoms with Crippen LogP contribution in [0, 0.1) is 24.0 Å². The van der Waals surface area contributed by atoms with E-state index in [0.29, 0.717) is 5.82 Å². The number of aromatic nitrogens is 4. The number of halogens is 1. The number of non-ortho nitro benzene ring substituents is 1. The molecule has 13 heteroatoms. The molecule has 0 aliphatic rings. The molecule has 0 aliphatic heterocycles. The average Bonchev–Trinajstić information content (AvgIpc) is 3.01. The van der Waals surface area contributed by atoms with E-state index in [1.165, 1.54) is 12.1 Å². The molecule has 0 amide bonds. The van der Waals surface area contributed by atoms with E-state index < -0.39 is 31.1 Å². The number of rotatable bonds is 7. The molecule has 3 aromatic rings. The van der Waals surface area contributed by atoms with Gasteiger partial charge in [0.15, 0.2) is 5.82 Å². The van der Waals surface area contributed by atoms with Crippen molar-refractivity contribution in [2.45, 2.75) is 25.3 Å². The van der Waals surface area contributed by atoms with Gasteiger partial charge < -0.3 is 0 Å². The zero-order valence-electron chi connectivity index (χ0n) is 15.9. The van der Waals surface area contributed by atoms with Crippen LogP contribution in [0.25, 0.3) is 5.82 Å². The van der Waals surface area contributed by atoms with Crippen LogP contribution < -0.4 is 10.3 Å². The minimum absolute atomic E-state index is 0.0717. The summed E-state index contributed by atoms with van der Waals surface area (Å²) >= 11 is 5.89. The Hall–Kier alpha value is -3.09. The Morgan fingerprint density at radius 2 is 1.90 bits per heavy atom. The van der Waals surface area contributed by atoms with Crippen LogP contribution in [0.2, 0.25) is 5.02 Å². The number of nitro benzene ring substituents is 1. The fourth-order valence-electron chi connectivity index (χ4n) is 2.75. The smallest absolute Gasteiger partial charge is 0.268 e. The summed E-state index contributed by atoms with van der Waals surface area (Å²) in [6.07, 6.45) is 0. The molecule has 0 fully saturated rings. The lowest BCUT2D eigenvalue weighted by molar-refractivity contribution is -0.385. The Morgan fingerprint density at radius 3 is 2.53 bits per heavy atom. The van der Waals surface area contributed by atoms with E-state index in [9.17, 15) is 23.3 Å². The molecule has 0 spiro atoms. The van der Waals surface area contributed by atoms with Crippen LogP contribution in [0.5, 0.6) is 0 Å². The molecule has 30 heavy (non-hydrogen) atoms. The Labute approximate surface area is 176 Å². The maximum absolute atomic E-state index is 12.5. The van der Waals surface area contributed by atoms with Crippen LogP contribution >= 0.6 is 11.6 Å². The third-order valence-corrected chi connectivity index (χ3v) is 6.05. The highest BCUT2D eigenvalue weighted by atomic mass is 35.5. The van der Waals surface area contributed by atoms with E-state index in [0.717, 1.165) is 34.3 Å². The highest BCUT2D eigenvalue weighted by molar-refractivity contribution is 7.89. The van der Waals surface area contributed by atoms with Crippen molar-refractivity contribution < 1.29 is 13.3 Å². The zero-order chi connectivity index (χ0) is 22.1. The number of aryl methyl sites for hydroxylation is 2. The molecule has 0 radical (unpaired) electrons. The second-order valence-corrected chi connectivity index (χ2v) is 8.50. The highest BCUT2D eigenvalue weighted by Gasteiger charge is 2.21. The van der Waals surface area contributed by atoms with Gasteiger partial charge in [-0.3, -0.25) is 14.9 Å². The zero-order valence-corrected chi connectivity index (χ0v) is 17.5. The summed E-state index contributed by atoms with van der Waals surface area (Å²) in [5.41, 5.74) is 0.781. The van der Waals surface area contributed by atoms with Crippen molar-refractivity contribution in [2.24, 2.45) is 0 Å². The van der Waals surface area contributed by atoms with Crippen molar-refractivity contribution in [3.05, 3.63) is 73.3 Å². The Kier molecular flexibility index (Phi) is 6.01. The normalized spacial score (nSPS) is 11.6. The van der Waals surface area contributed by atoms with Gasteiger partial charge in [0.1, 0.15) is 4.90 Å². The van der Waals surface area contributed by atoms with Crippen molar-refractivity contribution in [3.8, 4) is 5.82 Å². The van der Waals surface area contributed by atoms with Gasteiger partial charge in [0.2, 0.25) is 10.0 Å². The first kappa shape index (κ1) is 21.6. The second-order valence-electron chi connectivity index (χ2n) is 6.36. The molecule has 11 nitrogen and oxygen atoms in total. The van der Waals surface area contributed by atoms with Crippen LogP contribution in [-0.2, 0) is 16.6 Å². The predicted octanol–water partition coefficient (Wildman–Crippen LogP) is 1.59. The molecule has 0 aliphatic carbocycles. The van der Waals surface area contributed by atoms with Crippen molar-refractivity contribution in [2.75, 3.05) is 6.54 Å². The predicted molar refractivity (Wildman–Crippen MR) is 108 cm³/mol. The van der Waals surface area contributed by atoms with Crippen molar-refractivity contribution in [3.63, 3.8) is 0 Å². The maximum Gasteiger partial charge on any atom is 0.270 e. The van der Waals surface area contributed by atoms with Gasteiger partial charge in [0, 0.05) is 30.4 Å². The van der Waals surface area contributed by atoms with Gasteiger partial charge in [-0.2, -0.15) is 5.10 Å². The van der Waals surface area contributed by atoms with Crippen molar-refractivity contribution >= 4 is 27.3 Å². The number of sulfonamides is 1. The summed E-state index contributed by atoms with van der Waals surface area (Å²) < 4.78 is 29.9. The van der Waals surface area contributed by atoms with Gasteiger partial charge in [-0.05, 0) is 32.0 Å². The van der Waals surface area contributed by atoms with Gasteiger partial charge in [-0.15, -0.1) is 5.10 Å². The lowest BCUT2D eigenvalue weighted by atomic mass is 10.3. The molecule has 0 saturated heterocycles.